The van der Waals surface area contributed by atoms with Gasteiger partial charge >= 0.3 is 0 Å². The molecule has 1 unspecified atom stereocenters. The van der Waals surface area contributed by atoms with Crippen molar-refractivity contribution in [3.8, 4) is 0 Å². The van der Waals surface area contributed by atoms with E-state index >= 15 is 0 Å². The maximum atomic E-state index is 12.6. The van der Waals surface area contributed by atoms with E-state index in [-0.39, 0.29) is 11.0 Å². The quantitative estimate of drug-likeness (QED) is 0.884. The Morgan fingerprint density at radius 1 is 1.16 bits per heavy atom. The first kappa shape index (κ1) is 16.4. The Hall–Kier alpha value is -0.670. The minimum Gasteiger partial charge on any atom is -0.237 e. The lowest BCUT2D eigenvalue weighted by molar-refractivity contribution is 0.454. The van der Waals surface area contributed by atoms with Gasteiger partial charge in [-0.3, -0.25) is 0 Å². The molecule has 3 heteroatoms. The Balaban J connectivity index is 3.17. The average molecular weight is 281 g/mol. The van der Waals surface area contributed by atoms with Crippen molar-refractivity contribution in [1.82, 2.24) is 4.72 Å². The molecule has 0 radical (unpaired) electrons. The van der Waals surface area contributed by atoms with E-state index < -0.39 is 11.0 Å². The van der Waals surface area contributed by atoms with Gasteiger partial charge in [-0.05, 0) is 44.2 Å². The van der Waals surface area contributed by atoms with Crippen molar-refractivity contribution in [2.24, 2.45) is 0 Å². The van der Waals surface area contributed by atoms with Crippen molar-refractivity contribution < 1.29 is 4.21 Å². The lowest BCUT2D eigenvalue weighted by Gasteiger charge is -2.27. The van der Waals surface area contributed by atoms with Crippen molar-refractivity contribution in [3.63, 3.8) is 0 Å². The van der Waals surface area contributed by atoms with Crippen LogP contribution in [0.5, 0.6) is 0 Å². The highest BCUT2D eigenvalue weighted by atomic mass is 32.2. The van der Waals surface area contributed by atoms with Gasteiger partial charge in [0.2, 0.25) is 0 Å². The second-order valence-corrected chi connectivity index (χ2v) is 8.04. The number of hydrogen-bond acceptors (Lipinski definition) is 1. The fraction of sp³-hybridized carbons (Fsp3) is 0.625. The predicted octanol–water partition coefficient (Wildman–Crippen LogP) is 4.09. The molecule has 1 rings (SSSR count). The largest absolute Gasteiger partial charge is 0.237 e. The van der Waals surface area contributed by atoms with Gasteiger partial charge < -0.3 is 0 Å². The molecular formula is C16H27NOS. The molecule has 0 saturated carbocycles. The van der Waals surface area contributed by atoms with Crippen molar-refractivity contribution >= 4 is 11.0 Å². The van der Waals surface area contributed by atoms with Crippen molar-refractivity contribution in [2.45, 2.75) is 70.7 Å². The molecule has 1 aromatic carbocycles. The molecule has 0 spiro atoms. The number of hydrogen-bond donors (Lipinski definition) is 1. The van der Waals surface area contributed by atoms with Gasteiger partial charge in [0.05, 0.1) is 4.90 Å². The smallest absolute Gasteiger partial charge is 0.125 e. The molecule has 0 aliphatic carbocycles. The molecule has 0 amide bonds. The first-order chi connectivity index (χ1) is 8.57. The molecular weight excluding hydrogens is 254 g/mol. The molecule has 1 atom stereocenters. The van der Waals surface area contributed by atoms with Crippen LogP contribution in [-0.4, -0.2) is 9.75 Å². The van der Waals surface area contributed by atoms with E-state index in [0.29, 0.717) is 0 Å². The highest BCUT2D eigenvalue weighted by Gasteiger charge is 2.24. The molecule has 2 nitrogen and oxygen atoms in total. The molecule has 0 fully saturated rings. The van der Waals surface area contributed by atoms with Crippen LogP contribution in [0.25, 0.3) is 0 Å². The lowest BCUT2D eigenvalue weighted by atomic mass is 9.86. The maximum Gasteiger partial charge on any atom is 0.125 e. The zero-order valence-corrected chi connectivity index (χ0v) is 14.1. The Morgan fingerprint density at radius 3 is 2.21 bits per heavy atom. The van der Waals surface area contributed by atoms with Gasteiger partial charge in [0.1, 0.15) is 11.0 Å². The Labute approximate surface area is 120 Å². The van der Waals surface area contributed by atoms with Crippen LogP contribution < -0.4 is 4.72 Å². The molecule has 0 aliphatic rings. The SMILES string of the molecule is CCC(C)(C)NS(=O)c1ccc(C)cc1C(C)(C)C. The van der Waals surface area contributed by atoms with Crippen LogP contribution >= 0.6 is 0 Å². The van der Waals surface area contributed by atoms with E-state index in [1.54, 1.807) is 0 Å². The van der Waals surface area contributed by atoms with Crippen LogP contribution in [-0.2, 0) is 16.4 Å². The topological polar surface area (TPSA) is 29.1 Å². The van der Waals surface area contributed by atoms with Crippen LogP contribution in [0.3, 0.4) is 0 Å². The first-order valence-electron chi connectivity index (χ1n) is 6.87. The van der Waals surface area contributed by atoms with Crippen LogP contribution in [0.15, 0.2) is 23.1 Å². The summed E-state index contributed by atoms with van der Waals surface area (Å²) in [6.45, 7) is 14.8. The molecule has 0 bridgehead atoms. The number of nitrogens with one attached hydrogen (secondary N) is 1. The van der Waals surface area contributed by atoms with E-state index in [1.165, 1.54) is 5.56 Å². The molecule has 0 aliphatic heterocycles. The molecule has 1 N–H and O–H groups in total. The van der Waals surface area contributed by atoms with Crippen LogP contribution in [0, 0.1) is 6.92 Å². The van der Waals surface area contributed by atoms with E-state index in [1.807, 2.05) is 12.1 Å². The van der Waals surface area contributed by atoms with E-state index in [0.717, 1.165) is 16.9 Å². The number of aryl methyl sites for hydroxylation is 1. The Kier molecular flexibility index (Phi) is 4.97. The normalized spacial score (nSPS) is 14.5. The highest BCUT2D eigenvalue weighted by molar-refractivity contribution is 7.83. The first-order valence-corrected chi connectivity index (χ1v) is 8.02. The third-order valence-corrected chi connectivity index (χ3v) is 4.89. The lowest BCUT2D eigenvalue weighted by Crippen LogP contribution is -2.40. The Morgan fingerprint density at radius 2 is 1.74 bits per heavy atom. The summed E-state index contributed by atoms with van der Waals surface area (Å²) in [5, 5.41) is 0. The zero-order chi connectivity index (χ0) is 14.8. The molecule has 0 saturated heterocycles. The molecule has 1 aromatic rings. The summed E-state index contributed by atoms with van der Waals surface area (Å²) in [7, 11) is -1.17. The van der Waals surface area contributed by atoms with Gasteiger partial charge in [0.15, 0.2) is 0 Å². The summed E-state index contributed by atoms with van der Waals surface area (Å²) >= 11 is 0. The van der Waals surface area contributed by atoms with Gasteiger partial charge in [0.25, 0.3) is 0 Å². The van der Waals surface area contributed by atoms with Crippen LogP contribution in [0.2, 0.25) is 0 Å². The molecule has 0 aromatic heterocycles. The summed E-state index contributed by atoms with van der Waals surface area (Å²) in [5.74, 6) is 0. The molecule has 0 heterocycles. The van der Waals surface area contributed by atoms with Crippen molar-refractivity contribution in [3.05, 3.63) is 29.3 Å². The summed E-state index contributed by atoms with van der Waals surface area (Å²) < 4.78 is 15.8. The molecule has 19 heavy (non-hydrogen) atoms. The van der Waals surface area contributed by atoms with E-state index in [2.05, 4.69) is 59.3 Å². The van der Waals surface area contributed by atoms with Gasteiger partial charge in [-0.25, -0.2) is 8.93 Å². The fourth-order valence-corrected chi connectivity index (χ4v) is 3.28. The highest BCUT2D eigenvalue weighted by Crippen LogP contribution is 2.29. The van der Waals surface area contributed by atoms with Crippen molar-refractivity contribution in [2.75, 3.05) is 0 Å². The summed E-state index contributed by atoms with van der Waals surface area (Å²) in [5.41, 5.74) is 2.24. The monoisotopic (exact) mass is 281 g/mol. The third kappa shape index (κ3) is 4.43. The number of rotatable bonds is 4. The standard InChI is InChI=1S/C16H27NOS/c1-8-16(6,7)17-19(18)14-10-9-12(2)11-13(14)15(3,4)5/h9-11,17H,8H2,1-7H3. The Bertz CT molecular complexity index is 472. The predicted molar refractivity (Wildman–Crippen MR) is 83.8 cm³/mol. The van der Waals surface area contributed by atoms with E-state index in [4.69, 9.17) is 0 Å². The van der Waals surface area contributed by atoms with Gasteiger partial charge in [-0.2, -0.15) is 0 Å². The second-order valence-electron chi connectivity index (χ2n) is 6.86. The van der Waals surface area contributed by atoms with Crippen LogP contribution in [0.1, 0.15) is 59.1 Å². The maximum absolute atomic E-state index is 12.6. The average Bonchev–Trinajstić information content (AvgIpc) is 2.27. The number of benzene rings is 1. The van der Waals surface area contributed by atoms with Crippen molar-refractivity contribution in [1.29, 1.82) is 0 Å². The molecule has 108 valence electrons. The zero-order valence-electron chi connectivity index (χ0n) is 13.3. The van der Waals surface area contributed by atoms with Gasteiger partial charge in [-0.1, -0.05) is 45.4 Å². The van der Waals surface area contributed by atoms with E-state index in [9.17, 15) is 4.21 Å². The summed E-state index contributed by atoms with van der Waals surface area (Å²) in [6.07, 6.45) is 0.940. The summed E-state index contributed by atoms with van der Waals surface area (Å²) in [4.78, 5) is 0.902. The third-order valence-electron chi connectivity index (χ3n) is 3.40. The minimum atomic E-state index is -1.17. The minimum absolute atomic E-state index is 0.00491. The van der Waals surface area contributed by atoms with Crippen LogP contribution in [0.4, 0.5) is 0 Å². The summed E-state index contributed by atoms with van der Waals surface area (Å²) in [6, 6.07) is 6.17. The second kappa shape index (κ2) is 5.76. The van der Waals surface area contributed by atoms with Gasteiger partial charge in [0, 0.05) is 5.54 Å². The van der Waals surface area contributed by atoms with Gasteiger partial charge in [-0.15, -0.1) is 0 Å². The fourth-order valence-electron chi connectivity index (χ4n) is 1.77.